The average molecular weight is 161 g/mol. The topological polar surface area (TPSA) is 3.24 Å². The summed E-state index contributed by atoms with van der Waals surface area (Å²) in [6, 6.07) is 0. The Balaban J connectivity index is -0.000000138. The Morgan fingerprint density at radius 1 is 0.636 bits per heavy atom. The van der Waals surface area contributed by atoms with Crippen molar-refractivity contribution in [2.24, 2.45) is 0 Å². The minimum atomic E-state index is 1.19. The van der Waals surface area contributed by atoms with Crippen molar-refractivity contribution in [2.75, 3.05) is 19.6 Å². The third kappa shape index (κ3) is 17.8. The normalized spacial score (nSPS) is 7.64. The standard InChI is InChI=1S/C6H15N.2C2H6/c1-4-7(5-2)6-3;2*1-2/h4-6H2,1-3H3;2*1-2H3. The first kappa shape index (κ1) is 17.2. The number of hydrogen-bond donors (Lipinski definition) is 0. The molecule has 0 aliphatic rings. The average Bonchev–Trinajstić information content (AvgIpc) is 2.14. The van der Waals surface area contributed by atoms with Crippen LogP contribution in [0.2, 0.25) is 0 Å². The van der Waals surface area contributed by atoms with Gasteiger partial charge in [0.25, 0.3) is 0 Å². The quantitative estimate of drug-likeness (QED) is 0.613. The van der Waals surface area contributed by atoms with Crippen molar-refractivity contribution in [1.29, 1.82) is 0 Å². The molecule has 0 amide bonds. The zero-order chi connectivity index (χ0) is 9.70. The Hall–Kier alpha value is -0.0400. The van der Waals surface area contributed by atoms with E-state index in [1.54, 1.807) is 0 Å². The predicted octanol–water partition coefficient (Wildman–Crippen LogP) is 3.40. The van der Waals surface area contributed by atoms with Crippen LogP contribution < -0.4 is 0 Å². The maximum absolute atomic E-state index is 2.38. The molecule has 1 heteroatoms. The third-order valence-electron chi connectivity index (χ3n) is 1.34. The lowest BCUT2D eigenvalue weighted by Gasteiger charge is -2.13. The van der Waals surface area contributed by atoms with Gasteiger partial charge in [0.15, 0.2) is 0 Å². The van der Waals surface area contributed by atoms with Crippen LogP contribution in [0.5, 0.6) is 0 Å². The van der Waals surface area contributed by atoms with Gasteiger partial charge in [0.05, 0.1) is 0 Å². The highest BCUT2D eigenvalue weighted by atomic mass is 15.1. The summed E-state index contributed by atoms with van der Waals surface area (Å²) in [7, 11) is 0. The fourth-order valence-electron chi connectivity index (χ4n) is 0.671. The highest BCUT2D eigenvalue weighted by Crippen LogP contribution is 1.81. The van der Waals surface area contributed by atoms with Crippen molar-refractivity contribution in [1.82, 2.24) is 4.90 Å². The van der Waals surface area contributed by atoms with Crippen LogP contribution >= 0.6 is 0 Å². The molecule has 0 unspecified atom stereocenters. The van der Waals surface area contributed by atoms with Gasteiger partial charge in [0, 0.05) is 0 Å². The van der Waals surface area contributed by atoms with Crippen LogP contribution in [-0.2, 0) is 0 Å². The second kappa shape index (κ2) is 22.5. The maximum Gasteiger partial charge on any atom is -0.00474 e. The highest BCUT2D eigenvalue weighted by molar-refractivity contribution is 4.43. The van der Waals surface area contributed by atoms with Gasteiger partial charge in [0.1, 0.15) is 0 Å². The maximum atomic E-state index is 2.38. The van der Waals surface area contributed by atoms with Crippen LogP contribution in [0, 0.1) is 0 Å². The summed E-state index contributed by atoms with van der Waals surface area (Å²) >= 11 is 0. The van der Waals surface area contributed by atoms with E-state index in [0.717, 1.165) is 0 Å². The molecule has 0 fully saturated rings. The molecule has 0 saturated heterocycles. The lowest BCUT2D eigenvalue weighted by atomic mass is 10.5. The molecular formula is C10H27N. The summed E-state index contributed by atoms with van der Waals surface area (Å²) in [5, 5.41) is 0. The Kier molecular flexibility index (Phi) is 35.1. The summed E-state index contributed by atoms with van der Waals surface area (Å²) in [4.78, 5) is 2.38. The largest absolute Gasteiger partial charge is 0.304 e. The lowest BCUT2D eigenvalue weighted by molar-refractivity contribution is 0.321. The smallest absolute Gasteiger partial charge is 0.00474 e. The first-order valence-corrected chi connectivity index (χ1v) is 5.07. The van der Waals surface area contributed by atoms with Crippen LogP contribution in [0.3, 0.4) is 0 Å². The van der Waals surface area contributed by atoms with Crippen molar-refractivity contribution < 1.29 is 0 Å². The summed E-state index contributed by atoms with van der Waals surface area (Å²) < 4.78 is 0. The molecule has 0 aliphatic heterocycles. The number of hydrogen-bond acceptors (Lipinski definition) is 1. The van der Waals surface area contributed by atoms with E-state index in [2.05, 4.69) is 25.7 Å². The van der Waals surface area contributed by atoms with Crippen molar-refractivity contribution in [2.45, 2.75) is 48.5 Å². The van der Waals surface area contributed by atoms with E-state index in [-0.39, 0.29) is 0 Å². The Morgan fingerprint density at radius 2 is 0.818 bits per heavy atom. The van der Waals surface area contributed by atoms with Gasteiger partial charge in [0.2, 0.25) is 0 Å². The molecule has 0 heterocycles. The van der Waals surface area contributed by atoms with Crippen LogP contribution in [0.15, 0.2) is 0 Å². The molecule has 0 radical (unpaired) electrons. The molecule has 0 saturated carbocycles. The highest BCUT2D eigenvalue weighted by Gasteiger charge is 1.89. The second-order valence-electron chi connectivity index (χ2n) is 1.62. The van der Waals surface area contributed by atoms with Gasteiger partial charge in [-0.2, -0.15) is 0 Å². The van der Waals surface area contributed by atoms with E-state index in [0.29, 0.717) is 0 Å². The van der Waals surface area contributed by atoms with Crippen molar-refractivity contribution in [3.8, 4) is 0 Å². The molecule has 0 aromatic carbocycles. The minimum Gasteiger partial charge on any atom is -0.304 e. The van der Waals surface area contributed by atoms with Crippen LogP contribution in [-0.4, -0.2) is 24.5 Å². The molecule has 0 atom stereocenters. The molecule has 0 aromatic heterocycles. The molecule has 0 N–H and O–H groups in total. The summed E-state index contributed by atoms with van der Waals surface area (Å²) in [5.41, 5.74) is 0. The van der Waals surface area contributed by atoms with E-state index >= 15 is 0 Å². The van der Waals surface area contributed by atoms with Gasteiger partial charge in [-0.1, -0.05) is 48.5 Å². The molecule has 0 bridgehead atoms. The molecule has 1 nitrogen and oxygen atoms in total. The second-order valence-corrected chi connectivity index (χ2v) is 1.62. The fourth-order valence-corrected chi connectivity index (χ4v) is 0.671. The number of nitrogens with zero attached hydrogens (tertiary/aromatic N) is 1. The molecule has 11 heavy (non-hydrogen) atoms. The summed E-state index contributed by atoms with van der Waals surface area (Å²) in [6.45, 7) is 18.1. The van der Waals surface area contributed by atoms with E-state index in [9.17, 15) is 0 Å². The molecular weight excluding hydrogens is 134 g/mol. The molecule has 0 spiro atoms. The van der Waals surface area contributed by atoms with Gasteiger partial charge >= 0.3 is 0 Å². The minimum absolute atomic E-state index is 1.19. The van der Waals surface area contributed by atoms with Gasteiger partial charge in [-0.25, -0.2) is 0 Å². The Labute approximate surface area is 73.8 Å². The zero-order valence-electron chi connectivity index (χ0n) is 9.57. The summed E-state index contributed by atoms with van der Waals surface area (Å²) in [5.74, 6) is 0. The van der Waals surface area contributed by atoms with Gasteiger partial charge < -0.3 is 4.90 Å². The van der Waals surface area contributed by atoms with Crippen LogP contribution in [0.25, 0.3) is 0 Å². The van der Waals surface area contributed by atoms with Crippen LogP contribution in [0.1, 0.15) is 48.5 Å². The Bertz CT molecular complexity index is 26.3. The van der Waals surface area contributed by atoms with E-state index in [1.165, 1.54) is 19.6 Å². The predicted molar refractivity (Wildman–Crippen MR) is 56.2 cm³/mol. The molecule has 0 aromatic rings. The van der Waals surface area contributed by atoms with Gasteiger partial charge in [-0.15, -0.1) is 0 Å². The Morgan fingerprint density at radius 3 is 0.818 bits per heavy atom. The fraction of sp³-hybridized carbons (Fsp3) is 1.00. The third-order valence-corrected chi connectivity index (χ3v) is 1.34. The molecule has 0 aliphatic carbocycles. The van der Waals surface area contributed by atoms with Gasteiger partial charge in [-0.05, 0) is 19.6 Å². The van der Waals surface area contributed by atoms with E-state index in [1.807, 2.05) is 27.7 Å². The van der Waals surface area contributed by atoms with Crippen molar-refractivity contribution >= 4 is 0 Å². The van der Waals surface area contributed by atoms with Crippen LogP contribution in [0.4, 0.5) is 0 Å². The van der Waals surface area contributed by atoms with Crippen molar-refractivity contribution in [3.05, 3.63) is 0 Å². The SMILES string of the molecule is CC.CC.CCN(CC)CC. The molecule has 72 valence electrons. The zero-order valence-corrected chi connectivity index (χ0v) is 9.57. The monoisotopic (exact) mass is 161 g/mol. The summed E-state index contributed by atoms with van der Waals surface area (Å²) in [6.07, 6.45) is 0. The van der Waals surface area contributed by atoms with Gasteiger partial charge in [-0.3, -0.25) is 0 Å². The van der Waals surface area contributed by atoms with E-state index < -0.39 is 0 Å². The number of rotatable bonds is 3. The first-order valence-electron chi connectivity index (χ1n) is 5.07. The van der Waals surface area contributed by atoms with Crippen molar-refractivity contribution in [3.63, 3.8) is 0 Å². The first-order chi connectivity index (χ1) is 5.35. The molecule has 0 rings (SSSR count). The lowest BCUT2D eigenvalue weighted by Crippen LogP contribution is -2.21. The van der Waals surface area contributed by atoms with E-state index in [4.69, 9.17) is 0 Å².